The summed E-state index contributed by atoms with van der Waals surface area (Å²) in [6, 6.07) is 3.01. The van der Waals surface area contributed by atoms with E-state index in [9.17, 15) is 4.79 Å². The predicted molar refractivity (Wildman–Crippen MR) is 68.2 cm³/mol. The average molecular weight is 246 g/mol. The third-order valence-electron chi connectivity index (χ3n) is 2.68. The summed E-state index contributed by atoms with van der Waals surface area (Å²) in [6.45, 7) is 1.87. The minimum Gasteiger partial charge on any atom is -0.377 e. The second-order valence-corrected chi connectivity index (χ2v) is 3.82. The lowest BCUT2D eigenvalue weighted by atomic mass is 10.1. The zero-order chi connectivity index (χ0) is 13.1. The molecule has 3 N–H and O–H groups in total. The van der Waals surface area contributed by atoms with E-state index >= 15 is 0 Å². The molecule has 18 heavy (non-hydrogen) atoms. The Labute approximate surface area is 104 Å². The lowest BCUT2D eigenvalue weighted by Crippen LogP contribution is -2.21. The van der Waals surface area contributed by atoms with Crippen LogP contribution in [-0.2, 0) is 4.74 Å². The van der Waals surface area contributed by atoms with Gasteiger partial charge >= 0.3 is 6.03 Å². The normalized spacial score (nSPS) is 12.3. The van der Waals surface area contributed by atoms with Crippen molar-refractivity contribution in [3.05, 3.63) is 30.1 Å². The number of urea groups is 1. The Balaban J connectivity index is 2.66. The number of nitrogens with two attached hydrogens (primary N) is 1. The van der Waals surface area contributed by atoms with Crippen molar-refractivity contribution >= 4 is 22.8 Å². The summed E-state index contributed by atoms with van der Waals surface area (Å²) in [6.07, 6.45) is 3.00. The maximum Gasteiger partial charge on any atom is 0.316 e. The summed E-state index contributed by atoms with van der Waals surface area (Å²) in [7, 11) is 1.59. The third-order valence-corrected chi connectivity index (χ3v) is 2.68. The van der Waals surface area contributed by atoms with Crippen molar-refractivity contribution in [3.63, 3.8) is 0 Å². The Hall–Kier alpha value is -2.21. The maximum absolute atomic E-state index is 11.0. The highest BCUT2D eigenvalue weighted by molar-refractivity contribution is 5.92. The first-order valence-electron chi connectivity index (χ1n) is 5.46. The highest BCUT2D eigenvalue weighted by Crippen LogP contribution is 2.30. The SMILES string of the molecule is COC(C)c1c(NC(N)=O)cnc2cccnc12. The fourth-order valence-corrected chi connectivity index (χ4v) is 1.80. The van der Waals surface area contributed by atoms with Gasteiger partial charge in [0.1, 0.15) is 0 Å². The van der Waals surface area contributed by atoms with Crippen molar-refractivity contribution in [2.24, 2.45) is 5.73 Å². The summed E-state index contributed by atoms with van der Waals surface area (Å²) in [5.41, 5.74) is 7.86. The molecule has 2 amide bonds. The number of fused-ring (bicyclic) bond motifs is 1. The van der Waals surface area contributed by atoms with E-state index in [2.05, 4.69) is 15.3 Å². The van der Waals surface area contributed by atoms with Gasteiger partial charge in [-0.3, -0.25) is 9.97 Å². The maximum atomic E-state index is 11.0. The number of carbonyl (C=O) groups is 1. The van der Waals surface area contributed by atoms with Gasteiger partial charge in [0.2, 0.25) is 0 Å². The number of anilines is 1. The molecule has 6 nitrogen and oxygen atoms in total. The predicted octanol–water partition coefficient (Wildman–Crippen LogP) is 1.83. The molecule has 1 unspecified atom stereocenters. The van der Waals surface area contributed by atoms with Crippen molar-refractivity contribution < 1.29 is 9.53 Å². The molecule has 0 radical (unpaired) electrons. The molecule has 0 spiro atoms. The van der Waals surface area contributed by atoms with Gasteiger partial charge in [-0.25, -0.2) is 4.79 Å². The van der Waals surface area contributed by atoms with Gasteiger partial charge in [-0.2, -0.15) is 0 Å². The minimum atomic E-state index is -0.642. The van der Waals surface area contributed by atoms with E-state index in [4.69, 9.17) is 10.5 Å². The van der Waals surface area contributed by atoms with Crippen LogP contribution in [0.4, 0.5) is 10.5 Å². The van der Waals surface area contributed by atoms with Gasteiger partial charge in [-0.15, -0.1) is 0 Å². The molecule has 2 rings (SSSR count). The number of nitrogens with zero attached hydrogens (tertiary/aromatic N) is 2. The molecule has 2 aromatic rings. The van der Waals surface area contributed by atoms with Gasteiger partial charge < -0.3 is 15.8 Å². The van der Waals surface area contributed by atoms with Crippen LogP contribution in [0.15, 0.2) is 24.5 Å². The van der Waals surface area contributed by atoms with E-state index in [0.717, 1.165) is 11.1 Å². The number of hydrogen-bond acceptors (Lipinski definition) is 4. The molecule has 0 aliphatic carbocycles. The average Bonchev–Trinajstić information content (AvgIpc) is 2.37. The molecule has 0 fully saturated rings. The Morgan fingerprint density at radius 2 is 2.28 bits per heavy atom. The molecule has 0 aliphatic rings. The van der Waals surface area contributed by atoms with Crippen molar-refractivity contribution in [1.29, 1.82) is 0 Å². The van der Waals surface area contributed by atoms with Gasteiger partial charge in [0, 0.05) is 18.9 Å². The van der Waals surface area contributed by atoms with Crippen LogP contribution in [0.1, 0.15) is 18.6 Å². The molecule has 1 atom stereocenters. The molecule has 0 bridgehead atoms. The number of amides is 2. The second kappa shape index (κ2) is 4.97. The van der Waals surface area contributed by atoms with E-state index in [1.54, 1.807) is 25.6 Å². The van der Waals surface area contributed by atoms with Crippen molar-refractivity contribution in [1.82, 2.24) is 9.97 Å². The van der Waals surface area contributed by atoms with Gasteiger partial charge in [0.05, 0.1) is 29.0 Å². The van der Waals surface area contributed by atoms with Crippen molar-refractivity contribution in [2.75, 3.05) is 12.4 Å². The minimum absolute atomic E-state index is 0.229. The number of nitrogens with one attached hydrogen (secondary N) is 1. The van der Waals surface area contributed by atoms with E-state index < -0.39 is 6.03 Å². The number of ether oxygens (including phenoxy) is 1. The second-order valence-electron chi connectivity index (χ2n) is 3.82. The number of hydrogen-bond donors (Lipinski definition) is 2. The zero-order valence-corrected chi connectivity index (χ0v) is 10.2. The van der Waals surface area contributed by atoms with Gasteiger partial charge in [-0.1, -0.05) is 0 Å². The molecule has 0 saturated carbocycles. The number of carbonyl (C=O) groups excluding carboxylic acids is 1. The Morgan fingerprint density at radius 3 is 2.94 bits per heavy atom. The van der Waals surface area contributed by atoms with E-state index in [1.165, 1.54) is 0 Å². The van der Waals surface area contributed by atoms with Crippen LogP contribution in [0.25, 0.3) is 11.0 Å². The van der Waals surface area contributed by atoms with Gasteiger partial charge in [-0.05, 0) is 19.1 Å². The van der Waals surface area contributed by atoms with Crippen LogP contribution in [0.3, 0.4) is 0 Å². The van der Waals surface area contributed by atoms with E-state index in [-0.39, 0.29) is 6.10 Å². The number of rotatable bonds is 3. The highest BCUT2D eigenvalue weighted by atomic mass is 16.5. The highest BCUT2D eigenvalue weighted by Gasteiger charge is 2.16. The van der Waals surface area contributed by atoms with E-state index in [1.807, 2.05) is 13.0 Å². The smallest absolute Gasteiger partial charge is 0.316 e. The van der Waals surface area contributed by atoms with Crippen LogP contribution in [0.2, 0.25) is 0 Å². The summed E-state index contributed by atoms with van der Waals surface area (Å²) < 4.78 is 5.31. The van der Waals surface area contributed by atoms with Crippen molar-refractivity contribution in [3.8, 4) is 0 Å². The Morgan fingerprint density at radius 1 is 1.50 bits per heavy atom. The van der Waals surface area contributed by atoms with Crippen molar-refractivity contribution in [2.45, 2.75) is 13.0 Å². The first-order valence-corrected chi connectivity index (χ1v) is 5.46. The summed E-state index contributed by atoms with van der Waals surface area (Å²) in [4.78, 5) is 19.5. The quantitative estimate of drug-likeness (QED) is 0.864. The molecular weight excluding hydrogens is 232 g/mol. The molecule has 94 valence electrons. The van der Waals surface area contributed by atoms with Crippen LogP contribution < -0.4 is 11.1 Å². The van der Waals surface area contributed by atoms with Gasteiger partial charge in [0.25, 0.3) is 0 Å². The fourth-order valence-electron chi connectivity index (χ4n) is 1.80. The first kappa shape index (κ1) is 12.3. The van der Waals surface area contributed by atoms with Crippen LogP contribution in [0.5, 0.6) is 0 Å². The molecule has 0 saturated heterocycles. The summed E-state index contributed by atoms with van der Waals surface area (Å²) in [5, 5.41) is 2.54. The number of methoxy groups -OCH3 is 1. The number of aromatic nitrogens is 2. The third kappa shape index (κ3) is 2.23. The zero-order valence-electron chi connectivity index (χ0n) is 10.2. The largest absolute Gasteiger partial charge is 0.377 e. The van der Waals surface area contributed by atoms with Gasteiger partial charge in [0.15, 0.2) is 0 Å². The lowest BCUT2D eigenvalue weighted by molar-refractivity contribution is 0.121. The Kier molecular flexibility index (Phi) is 3.38. The number of pyridine rings is 2. The van der Waals surface area contributed by atoms with Crippen LogP contribution >= 0.6 is 0 Å². The molecular formula is C12H14N4O2. The summed E-state index contributed by atoms with van der Waals surface area (Å²) in [5.74, 6) is 0. The monoisotopic (exact) mass is 246 g/mol. The van der Waals surface area contributed by atoms with E-state index in [0.29, 0.717) is 11.2 Å². The fraction of sp³-hybridized carbons (Fsp3) is 0.250. The first-order chi connectivity index (χ1) is 8.63. The van der Waals surface area contributed by atoms with Crippen LogP contribution in [-0.4, -0.2) is 23.1 Å². The van der Waals surface area contributed by atoms with Crippen LogP contribution in [0, 0.1) is 0 Å². The molecule has 6 heteroatoms. The number of primary amides is 1. The molecule has 2 aromatic heterocycles. The standard InChI is InChI=1S/C12H14N4O2/c1-7(18-2)10-9(16-12(13)17)6-15-8-4-3-5-14-11(8)10/h3-7H,1-2H3,(H3,13,16,17). The lowest BCUT2D eigenvalue weighted by Gasteiger charge is -2.16. The molecule has 2 heterocycles. The topological polar surface area (TPSA) is 90.1 Å². The molecule has 0 aliphatic heterocycles. The molecule has 0 aromatic carbocycles. The summed E-state index contributed by atoms with van der Waals surface area (Å²) >= 11 is 0. The Bertz CT molecular complexity index is 585.